The molecule has 0 spiro atoms. The standard InChI is InChI=1S/C15H16Cl2N2/c16-14-7-4-11(10-15(14)17)9-12(18)5-6-13-3-1-2-8-19-13/h1-4,7-8,10,12H,5-6,9,18H2. The Kier molecular flexibility index (Phi) is 5.20. The molecular formula is C15H16Cl2N2. The second-order valence-electron chi connectivity index (χ2n) is 4.57. The molecule has 0 aliphatic rings. The first-order valence-corrected chi connectivity index (χ1v) is 7.00. The van der Waals surface area contributed by atoms with Gasteiger partial charge in [0.1, 0.15) is 0 Å². The van der Waals surface area contributed by atoms with Crippen molar-refractivity contribution in [1.82, 2.24) is 4.98 Å². The van der Waals surface area contributed by atoms with E-state index in [2.05, 4.69) is 4.98 Å². The molecule has 0 bridgehead atoms. The quantitative estimate of drug-likeness (QED) is 0.908. The Morgan fingerprint density at radius 2 is 1.95 bits per heavy atom. The molecule has 4 heteroatoms. The highest BCUT2D eigenvalue weighted by Gasteiger charge is 2.07. The zero-order chi connectivity index (χ0) is 13.7. The van der Waals surface area contributed by atoms with Crippen molar-refractivity contribution in [2.45, 2.75) is 25.3 Å². The van der Waals surface area contributed by atoms with Gasteiger partial charge in [0.2, 0.25) is 0 Å². The third-order valence-corrected chi connectivity index (χ3v) is 3.72. The molecule has 2 aromatic rings. The highest BCUT2D eigenvalue weighted by Crippen LogP contribution is 2.23. The Hall–Kier alpha value is -1.09. The minimum atomic E-state index is 0.0965. The van der Waals surface area contributed by atoms with Gasteiger partial charge in [0.15, 0.2) is 0 Å². The molecule has 2 N–H and O–H groups in total. The first-order chi connectivity index (χ1) is 9.15. The Labute approximate surface area is 123 Å². The molecular weight excluding hydrogens is 279 g/mol. The largest absolute Gasteiger partial charge is 0.327 e. The van der Waals surface area contributed by atoms with E-state index in [0.717, 1.165) is 30.5 Å². The second kappa shape index (κ2) is 6.90. The average molecular weight is 295 g/mol. The molecule has 0 saturated heterocycles. The molecule has 2 rings (SSSR count). The molecule has 1 unspecified atom stereocenters. The number of hydrogen-bond acceptors (Lipinski definition) is 2. The summed E-state index contributed by atoms with van der Waals surface area (Å²) in [5.74, 6) is 0. The van der Waals surface area contributed by atoms with Crippen molar-refractivity contribution in [1.29, 1.82) is 0 Å². The van der Waals surface area contributed by atoms with Crippen LogP contribution in [0, 0.1) is 0 Å². The molecule has 100 valence electrons. The number of rotatable bonds is 5. The second-order valence-corrected chi connectivity index (χ2v) is 5.39. The first-order valence-electron chi connectivity index (χ1n) is 6.24. The van der Waals surface area contributed by atoms with E-state index in [1.165, 1.54) is 0 Å². The monoisotopic (exact) mass is 294 g/mol. The van der Waals surface area contributed by atoms with Crippen LogP contribution in [-0.4, -0.2) is 11.0 Å². The number of nitrogens with two attached hydrogens (primary N) is 1. The lowest BCUT2D eigenvalue weighted by atomic mass is 10.0. The Morgan fingerprint density at radius 3 is 2.63 bits per heavy atom. The fourth-order valence-electron chi connectivity index (χ4n) is 1.95. The minimum absolute atomic E-state index is 0.0965. The molecule has 1 heterocycles. The van der Waals surface area contributed by atoms with E-state index in [0.29, 0.717) is 10.0 Å². The SMILES string of the molecule is NC(CCc1ccccn1)Cc1ccc(Cl)c(Cl)c1. The van der Waals surface area contributed by atoms with Gasteiger partial charge in [0.25, 0.3) is 0 Å². The number of nitrogens with zero attached hydrogens (tertiary/aromatic N) is 1. The zero-order valence-electron chi connectivity index (χ0n) is 10.5. The third kappa shape index (κ3) is 4.50. The number of aryl methyl sites for hydroxylation is 1. The summed E-state index contributed by atoms with van der Waals surface area (Å²) >= 11 is 11.9. The molecule has 0 aliphatic carbocycles. The van der Waals surface area contributed by atoms with Gasteiger partial charge in [-0.1, -0.05) is 35.3 Å². The van der Waals surface area contributed by atoms with Crippen LogP contribution in [0.15, 0.2) is 42.6 Å². The van der Waals surface area contributed by atoms with Crippen LogP contribution >= 0.6 is 23.2 Å². The summed E-state index contributed by atoms with van der Waals surface area (Å²) < 4.78 is 0. The average Bonchev–Trinajstić information content (AvgIpc) is 2.42. The fraction of sp³-hybridized carbons (Fsp3) is 0.267. The Bertz CT molecular complexity index is 529. The topological polar surface area (TPSA) is 38.9 Å². The normalized spacial score (nSPS) is 12.4. The molecule has 0 fully saturated rings. The predicted octanol–water partition coefficient (Wildman–Crippen LogP) is 3.89. The molecule has 0 aliphatic heterocycles. The van der Waals surface area contributed by atoms with Crippen molar-refractivity contribution >= 4 is 23.2 Å². The van der Waals surface area contributed by atoms with Gasteiger partial charge in [0.05, 0.1) is 10.0 Å². The molecule has 0 radical (unpaired) electrons. The zero-order valence-corrected chi connectivity index (χ0v) is 12.0. The summed E-state index contributed by atoms with van der Waals surface area (Å²) in [6.07, 6.45) is 4.39. The van der Waals surface area contributed by atoms with Crippen LogP contribution in [0.2, 0.25) is 10.0 Å². The number of aromatic nitrogens is 1. The first kappa shape index (κ1) is 14.3. The van der Waals surface area contributed by atoms with Gasteiger partial charge in [-0.25, -0.2) is 0 Å². The van der Waals surface area contributed by atoms with Crippen molar-refractivity contribution in [3.8, 4) is 0 Å². The lowest BCUT2D eigenvalue weighted by molar-refractivity contribution is 0.605. The maximum absolute atomic E-state index is 6.14. The highest BCUT2D eigenvalue weighted by atomic mass is 35.5. The van der Waals surface area contributed by atoms with Crippen LogP contribution < -0.4 is 5.73 Å². The summed E-state index contributed by atoms with van der Waals surface area (Å²) in [5.41, 5.74) is 8.33. The Morgan fingerprint density at radius 1 is 1.11 bits per heavy atom. The van der Waals surface area contributed by atoms with Crippen LogP contribution in [0.4, 0.5) is 0 Å². The Balaban J connectivity index is 1.87. The molecule has 0 saturated carbocycles. The van der Waals surface area contributed by atoms with Crippen LogP contribution in [0.25, 0.3) is 0 Å². The smallest absolute Gasteiger partial charge is 0.0595 e. The van der Waals surface area contributed by atoms with E-state index < -0.39 is 0 Å². The van der Waals surface area contributed by atoms with Gasteiger partial charge in [-0.15, -0.1) is 0 Å². The number of halogens is 2. The van der Waals surface area contributed by atoms with E-state index in [-0.39, 0.29) is 6.04 Å². The maximum atomic E-state index is 6.14. The van der Waals surface area contributed by atoms with E-state index in [9.17, 15) is 0 Å². The van der Waals surface area contributed by atoms with E-state index in [1.807, 2.05) is 36.4 Å². The summed E-state index contributed by atoms with van der Waals surface area (Å²) in [6.45, 7) is 0. The van der Waals surface area contributed by atoms with Crippen molar-refractivity contribution < 1.29 is 0 Å². The van der Waals surface area contributed by atoms with Gasteiger partial charge >= 0.3 is 0 Å². The van der Waals surface area contributed by atoms with Crippen molar-refractivity contribution in [2.24, 2.45) is 5.73 Å². The number of pyridine rings is 1. The maximum Gasteiger partial charge on any atom is 0.0595 e. The molecule has 19 heavy (non-hydrogen) atoms. The highest BCUT2D eigenvalue weighted by molar-refractivity contribution is 6.42. The van der Waals surface area contributed by atoms with Crippen LogP contribution in [0.5, 0.6) is 0 Å². The predicted molar refractivity (Wildman–Crippen MR) is 80.7 cm³/mol. The van der Waals surface area contributed by atoms with Crippen LogP contribution in [-0.2, 0) is 12.8 Å². The van der Waals surface area contributed by atoms with E-state index in [4.69, 9.17) is 28.9 Å². The van der Waals surface area contributed by atoms with E-state index in [1.54, 1.807) is 6.20 Å². The molecule has 1 aromatic carbocycles. The van der Waals surface area contributed by atoms with Gasteiger partial charge in [-0.2, -0.15) is 0 Å². The van der Waals surface area contributed by atoms with Gasteiger partial charge in [-0.3, -0.25) is 4.98 Å². The molecule has 1 aromatic heterocycles. The fourth-order valence-corrected chi connectivity index (χ4v) is 2.27. The molecule has 2 nitrogen and oxygen atoms in total. The van der Waals surface area contributed by atoms with Crippen LogP contribution in [0.3, 0.4) is 0 Å². The van der Waals surface area contributed by atoms with E-state index >= 15 is 0 Å². The summed E-state index contributed by atoms with van der Waals surface area (Å²) in [6, 6.07) is 11.7. The lowest BCUT2D eigenvalue weighted by Crippen LogP contribution is -2.23. The van der Waals surface area contributed by atoms with Gasteiger partial charge < -0.3 is 5.73 Å². The molecule has 1 atom stereocenters. The summed E-state index contributed by atoms with van der Waals surface area (Å²) in [7, 11) is 0. The summed E-state index contributed by atoms with van der Waals surface area (Å²) in [5, 5.41) is 1.16. The van der Waals surface area contributed by atoms with Crippen molar-refractivity contribution in [3.05, 3.63) is 63.9 Å². The lowest BCUT2D eigenvalue weighted by Gasteiger charge is -2.12. The van der Waals surface area contributed by atoms with Gasteiger partial charge in [-0.05, 0) is 49.1 Å². The number of hydrogen-bond donors (Lipinski definition) is 1. The third-order valence-electron chi connectivity index (χ3n) is 2.98. The van der Waals surface area contributed by atoms with Crippen LogP contribution in [0.1, 0.15) is 17.7 Å². The van der Waals surface area contributed by atoms with Crippen molar-refractivity contribution in [3.63, 3.8) is 0 Å². The summed E-state index contributed by atoms with van der Waals surface area (Å²) in [4.78, 5) is 4.29. The van der Waals surface area contributed by atoms with Crippen molar-refractivity contribution in [2.75, 3.05) is 0 Å². The van der Waals surface area contributed by atoms with Gasteiger partial charge in [0, 0.05) is 17.9 Å². The number of benzene rings is 1. The minimum Gasteiger partial charge on any atom is -0.327 e. The molecule has 0 amide bonds.